The van der Waals surface area contributed by atoms with Crippen molar-refractivity contribution in [2.75, 3.05) is 5.73 Å². The Morgan fingerprint density at radius 3 is 2.71 bits per heavy atom. The molecule has 0 fully saturated rings. The summed E-state index contributed by atoms with van der Waals surface area (Å²) >= 11 is 3.16. The molecule has 0 spiro atoms. The third-order valence-electron chi connectivity index (χ3n) is 1.99. The lowest BCUT2D eigenvalue weighted by Gasteiger charge is -2.10. The number of hydrogen-bond acceptors (Lipinski definition) is 3. The van der Waals surface area contributed by atoms with Gasteiger partial charge in [-0.1, -0.05) is 0 Å². The highest BCUT2D eigenvalue weighted by Crippen LogP contribution is 2.35. The molecular weight excluding hydrogens is 294 g/mol. The number of anilines is 1. The number of nitrogen functional groups attached to an aromatic ring is 1. The van der Waals surface area contributed by atoms with Crippen molar-refractivity contribution >= 4 is 21.6 Å². The van der Waals surface area contributed by atoms with Crippen LogP contribution in [0.4, 0.5) is 14.5 Å². The van der Waals surface area contributed by atoms with Crippen molar-refractivity contribution in [1.29, 1.82) is 0 Å². The van der Waals surface area contributed by atoms with E-state index in [1.165, 1.54) is 12.4 Å². The predicted octanol–water partition coefficient (Wildman–Crippen LogP) is 3.50. The summed E-state index contributed by atoms with van der Waals surface area (Å²) in [5.41, 5.74) is 5.85. The van der Waals surface area contributed by atoms with Gasteiger partial charge in [-0.3, -0.25) is 4.98 Å². The number of hydrogen-bond donors (Lipinski definition) is 1. The third kappa shape index (κ3) is 2.52. The lowest BCUT2D eigenvalue weighted by atomic mass is 10.3. The Morgan fingerprint density at radius 1 is 1.24 bits per heavy atom. The van der Waals surface area contributed by atoms with Crippen LogP contribution in [0.1, 0.15) is 0 Å². The van der Waals surface area contributed by atoms with E-state index in [0.717, 1.165) is 18.2 Å². The summed E-state index contributed by atoms with van der Waals surface area (Å²) in [6, 6.07) is 2.94. The van der Waals surface area contributed by atoms with Gasteiger partial charge in [0.25, 0.3) is 0 Å². The predicted molar refractivity (Wildman–Crippen MR) is 62.8 cm³/mol. The van der Waals surface area contributed by atoms with Gasteiger partial charge in [-0.15, -0.1) is 0 Å². The molecule has 2 rings (SSSR count). The first kappa shape index (κ1) is 11.8. The van der Waals surface area contributed by atoms with E-state index >= 15 is 0 Å². The van der Waals surface area contributed by atoms with Gasteiger partial charge in [0.1, 0.15) is 5.82 Å². The standard InChI is InChI=1S/C11H7BrF2N2O/c12-7-4-16-5-9(15)11(7)17-10-3-6(13)1-2-8(10)14/h1-5H,15H2. The summed E-state index contributed by atoms with van der Waals surface area (Å²) in [5.74, 6) is -1.30. The summed E-state index contributed by atoms with van der Waals surface area (Å²) in [6.45, 7) is 0. The molecule has 1 aromatic heterocycles. The average molecular weight is 301 g/mol. The van der Waals surface area contributed by atoms with Crippen LogP contribution in [0.25, 0.3) is 0 Å². The Hall–Kier alpha value is -1.69. The van der Waals surface area contributed by atoms with Gasteiger partial charge < -0.3 is 10.5 Å². The van der Waals surface area contributed by atoms with Gasteiger partial charge in [0, 0.05) is 12.3 Å². The SMILES string of the molecule is Nc1cncc(Br)c1Oc1cc(F)ccc1F. The second-order valence-electron chi connectivity index (χ2n) is 3.22. The second kappa shape index (κ2) is 4.67. The van der Waals surface area contributed by atoms with E-state index in [1.54, 1.807) is 0 Å². The van der Waals surface area contributed by atoms with Crippen LogP contribution in [0.2, 0.25) is 0 Å². The molecule has 0 unspecified atom stereocenters. The first-order chi connectivity index (χ1) is 8.08. The zero-order chi connectivity index (χ0) is 12.4. The van der Waals surface area contributed by atoms with Crippen LogP contribution < -0.4 is 10.5 Å². The number of nitrogens with zero attached hydrogens (tertiary/aromatic N) is 1. The van der Waals surface area contributed by atoms with E-state index in [-0.39, 0.29) is 17.2 Å². The maximum atomic E-state index is 13.4. The maximum absolute atomic E-state index is 13.4. The summed E-state index contributed by atoms with van der Waals surface area (Å²) in [4.78, 5) is 3.81. The van der Waals surface area contributed by atoms with E-state index in [2.05, 4.69) is 20.9 Å². The van der Waals surface area contributed by atoms with Crippen LogP contribution in [0, 0.1) is 11.6 Å². The van der Waals surface area contributed by atoms with Crippen LogP contribution in [-0.4, -0.2) is 4.98 Å². The molecule has 0 radical (unpaired) electrons. The smallest absolute Gasteiger partial charge is 0.167 e. The van der Waals surface area contributed by atoms with E-state index < -0.39 is 11.6 Å². The number of pyridine rings is 1. The molecule has 1 heterocycles. The highest BCUT2D eigenvalue weighted by atomic mass is 79.9. The van der Waals surface area contributed by atoms with Gasteiger partial charge >= 0.3 is 0 Å². The number of rotatable bonds is 2. The highest BCUT2D eigenvalue weighted by Gasteiger charge is 2.11. The molecule has 0 amide bonds. The van der Waals surface area contributed by atoms with Crippen molar-refractivity contribution in [1.82, 2.24) is 4.98 Å². The van der Waals surface area contributed by atoms with E-state index in [9.17, 15) is 8.78 Å². The molecule has 17 heavy (non-hydrogen) atoms. The first-order valence-electron chi connectivity index (χ1n) is 4.60. The van der Waals surface area contributed by atoms with Crippen molar-refractivity contribution in [3.8, 4) is 11.5 Å². The molecule has 6 heteroatoms. The molecule has 2 N–H and O–H groups in total. The lowest BCUT2D eigenvalue weighted by molar-refractivity contribution is 0.435. The fraction of sp³-hybridized carbons (Fsp3) is 0. The Morgan fingerprint density at radius 2 is 2.00 bits per heavy atom. The number of benzene rings is 1. The largest absolute Gasteiger partial charge is 0.451 e. The molecule has 0 aliphatic rings. The molecule has 1 aromatic carbocycles. The molecule has 0 saturated carbocycles. The fourth-order valence-corrected chi connectivity index (χ4v) is 1.64. The lowest BCUT2D eigenvalue weighted by Crippen LogP contribution is -1.96. The van der Waals surface area contributed by atoms with Crippen molar-refractivity contribution in [3.05, 3.63) is 46.7 Å². The van der Waals surface area contributed by atoms with Crippen molar-refractivity contribution in [3.63, 3.8) is 0 Å². The van der Waals surface area contributed by atoms with E-state index in [4.69, 9.17) is 10.5 Å². The molecule has 2 aromatic rings. The zero-order valence-corrected chi connectivity index (χ0v) is 10.0. The zero-order valence-electron chi connectivity index (χ0n) is 8.45. The fourth-order valence-electron chi connectivity index (χ4n) is 1.21. The summed E-state index contributed by atoms with van der Waals surface area (Å²) in [6.07, 6.45) is 2.81. The van der Waals surface area contributed by atoms with Crippen LogP contribution in [0.5, 0.6) is 11.5 Å². The maximum Gasteiger partial charge on any atom is 0.167 e. The minimum Gasteiger partial charge on any atom is -0.451 e. The molecule has 88 valence electrons. The Labute approximate surface area is 104 Å². The summed E-state index contributed by atoms with van der Waals surface area (Å²) in [7, 11) is 0. The van der Waals surface area contributed by atoms with E-state index in [1.807, 2.05) is 0 Å². The van der Waals surface area contributed by atoms with Crippen LogP contribution in [-0.2, 0) is 0 Å². The minimum atomic E-state index is -0.672. The second-order valence-corrected chi connectivity index (χ2v) is 4.07. The monoisotopic (exact) mass is 300 g/mol. The van der Waals surface area contributed by atoms with Gasteiger partial charge in [0.05, 0.1) is 16.4 Å². The molecule has 3 nitrogen and oxygen atoms in total. The Kier molecular flexibility index (Phi) is 3.23. The summed E-state index contributed by atoms with van der Waals surface area (Å²) < 4.78 is 32.0. The molecule has 0 atom stereocenters. The van der Waals surface area contributed by atoms with Crippen LogP contribution >= 0.6 is 15.9 Å². The minimum absolute atomic E-state index is 0.199. The molecule has 0 bridgehead atoms. The number of ether oxygens (including phenoxy) is 1. The van der Waals surface area contributed by atoms with Crippen molar-refractivity contribution in [2.24, 2.45) is 0 Å². The number of aromatic nitrogens is 1. The van der Waals surface area contributed by atoms with Crippen molar-refractivity contribution < 1.29 is 13.5 Å². The van der Waals surface area contributed by atoms with Gasteiger partial charge in [-0.05, 0) is 28.1 Å². The van der Waals surface area contributed by atoms with Gasteiger partial charge in [-0.25, -0.2) is 8.78 Å². The number of nitrogens with two attached hydrogens (primary N) is 1. The quantitative estimate of drug-likeness (QED) is 0.923. The Bertz CT molecular complexity index is 543. The van der Waals surface area contributed by atoms with E-state index in [0.29, 0.717) is 4.47 Å². The molecular formula is C11H7BrF2N2O. The molecule has 0 aliphatic heterocycles. The normalized spacial score (nSPS) is 10.3. The van der Waals surface area contributed by atoms with Crippen LogP contribution in [0.3, 0.4) is 0 Å². The average Bonchev–Trinajstić information content (AvgIpc) is 2.28. The first-order valence-corrected chi connectivity index (χ1v) is 5.39. The Balaban J connectivity index is 2.41. The summed E-state index contributed by atoms with van der Waals surface area (Å²) in [5, 5.41) is 0. The van der Waals surface area contributed by atoms with Crippen LogP contribution in [0.15, 0.2) is 35.1 Å². The topological polar surface area (TPSA) is 48.1 Å². The number of halogens is 3. The van der Waals surface area contributed by atoms with Gasteiger partial charge in [-0.2, -0.15) is 0 Å². The molecule has 0 saturated heterocycles. The molecule has 0 aliphatic carbocycles. The van der Waals surface area contributed by atoms with Gasteiger partial charge in [0.2, 0.25) is 0 Å². The van der Waals surface area contributed by atoms with Gasteiger partial charge in [0.15, 0.2) is 17.3 Å². The third-order valence-corrected chi connectivity index (χ3v) is 2.55. The highest BCUT2D eigenvalue weighted by molar-refractivity contribution is 9.10. The van der Waals surface area contributed by atoms with Crippen molar-refractivity contribution in [2.45, 2.75) is 0 Å².